The van der Waals surface area contributed by atoms with Crippen LogP contribution in [0.25, 0.3) is 22.7 Å². The molecule has 154 valence electrons. The van der Waals surface area contributed by atoms with Gasteiger partial charge in [0.15, 0.2) is 15.8 Å². The molecule has 0 amide bonds. The maximum Gasteiger partial charge on any atom is 0.248 e. The van der Waals surface area contributed by atoms with Gasteiger partial charge in [-0.25, -0.2) is 4.98 Å². The highest BCUT2D eigenvalue weighted by atomic mass is 32.2. The van der Waals surface area contributed by atoms with Crippen molar-refractivity contribution in [2.24, 2.45) is 0 Å². The minimum absolute atomic E-state index is 0.383. The van der Waals surface area contributed by atoms with Crippen molar-refractivity contribution in [3.63, 3.8) is 0 Å². The molecule has 0 saturated carbocycles. The van der Waals surface area contributed by atoms with Crippen LogP contribution in [0.1, 0.15) is 5.89 Å². The average molecular weight is 442 g/mol. The first kappa shape index (κ1) is 20.2. The van der Waals surface area contributed by atoms with Crippen molar-refractivity contribution in [2.45, 2.75) is 10.1 Å². The summed E-state index contributed by atoms with van der Waals surface area (Å²) in [6.45, 7) is 0. The van der Waals surface area contributed by atoms with E-state index in [9.17, 15) is 0 Å². The fourth-order valence-electron chi connectivity index (χ4n) is 2.82. The van der Waals surface area contributed by atoms with Crippen LogP contribution < -0.4 is 14.2 Å². The number of aromatic nitrogens is 3. The summed E-state index contributed by atoms with van der Waals surface area (Å²) < 4.78 is 22.9. The van der Waals surface area contributed by atoms with Crippen LogP contribution in [0.4, 0.5) is 0 Å². The molecule has 9 heteroatoms. The number of thioether (sulfide) groups is 1. The lowest BCUT2D eigenvalue weighted by Crippen LogP contribution is -1.95. The fourth-order valence-corrected chi connectivity index (χ4v) is 4.49. The molecule has 2 aromatic heterocycles. The number of benzene rings is 2. The number of hydrogen-bond acceptors (Lipinski definition) is 9. The number of nitrogens with zero attached hydrogens (tertiary/aromatic N) is 3. The molecule has 7 nitrogen and oxygen atoms in total. The van der Waals surface area contributed by atoms with Gasteiger partial charge >= 0.3 is 0 Å². The molecule has 0 radical (unpaired) electrons. The Labute approximate surface area is 182 Å². The average Bonchev–Trinajstić information content (AvgIpc) is 3.47. The zero-order chi connectivity index (χ0) is 20.9. The van der Waals surface area contributed by atoms with Crippen molar-refractivity contribution in [3.8, 4) is 40.0 Å². The second-order valence-corrected chi connectivity index (χ2v) is 8.15. The summed E-state index contributed by atoms with van der Waals surface area (Å²) in [5.74, 6) is 2.99. The monoisotopic (exact) mass is 441 g/mol. The van der Waals surface area contributed by atoms with Crippen molar-refractivity contribution in [3.05, 3.63) is 53.7 Å². The quantitative estimate of drug-likeness (QED) is 0.346. The van der Waals surface area contributed by atoms with E-state index in [1.54, 1.807) is 56.6 Å². The maximum atomic E-state index is 5.84. The van der Waals surface area contributed by atoms with Gasteiger partial charge in [-0.15, -0.1) is 21.5 Å². The molecule has 0 aliphatic rings. The van der Waals surface area contributed by atoms with Gasteiger partial charge in [0.2, 0.25) is 17.5 Å². The first-order valence-electron chi connectivity index (χ1n) is 8.98. The summed E-state index contributed by atoms with van der Waals surface area (Å²) in [5, 5.41) is 10.4. The van der Waals surface area contributed by atoms with Crippen LogP contribution in [0.3, 0.4) is 0 Å². The predicted octanol–water partition coefficient (Wildman–Crippen LogP) is 5.18. The van der Waals surface area contributed by atoms with Gasteiger partial charge in [0, 0.05) is 16.5 Å². The van der Waals surface area contributed by atoms with Crippen LogP contribution >= 0.6 is 23.1 Å². The molecule has 0 unspecified atom stereocenters. The molecule has 0 spiro atoms. The molecule has 0 saturated heterocycles. The number of rotatable bonds is 8. The van der Waals surface area contributed by atoms with Gasteiger partial charge in [0.25, 0.3) is 0 Å². The molecule has 30 heavy (non-hydrogen) atoms. The van der Waals surface area contributed by atoms with Gasteiger partial charge in [-0.3, -0.25) is 0 Å². The van der Waals surface area contributed by atoms with Gasteiger partial charge in [-0.1, -0.05) is 42.1 Å². The molecule has 0 aliphatic carbocycles. The van der Waals surface area contributed by atoms with Gasteiger partial charge in [0.1, 0.15) is 0 Å². The number of hydrogen-bond donors (Lipinski definition) is 0. The molecule has 0 atom stereocenters. The minimum atomic E-state index is 0.383. The summed E-state index contributed by atoms with van der Waals surface area (Å²) in [5.41, 5.74) is 2.75. The van der Waals surface area contributed by atoms with E-state index in [0.29, 0.717) is 40.3 Å². The lowest BCUT2D eigenvalue weighted by Gasteiger charge is -2.12. The van der Waals surface area contributed by atoms with E-state index < -0.39 is 0 Å². The third-order valence-electron chi connectivity index (χ3n) is 4.25. The molecule has 4 aromatic rings. The first-order valence-corrected chi connectivity index (χ1v) is 10.8. The van der Waals surface area contributed by atoms with Crippen LogP contribution in [0, 0.1) is 0 Å². The van der Waals surface area contributed by atoms with E-state index in [1.165, 1.54) is 0 Å². The Morgan fingerprint density at radius 1 is 0.933 bits per heavy atom. The lowest BCUT2D eigenvalue weighted by molar-refractivity contribution is 0.324. The predicted molar refractivity (Wildman–Crippen MR) is 117 cm³/mol. The zero-order valence-corrected chi connectivity index (χ0v) is 18.3. The van der Waals surface area contributed by atoms with Crippen molar-refractivity contribution >= 4 is 23.1 Å². The largest absolute Gasteiger partial charge is 0.493 e. The Hall–Kier alpha value is -3.04. The maximum absolute atomic E-state index is 5.84. The minimum Gasteiger partial charge on any atom is -0.493 e. The highest BCUT2D eigenvalue weighted by molar-refractivity contribution is 8.00. The van der Waals surface area contributed by atoms with Crippen LogP contribution in [0.15, 0.2) is 56.6 Å². The van der Waals surface area contributed by atoms with E-state index in [0.717, 1.165) is 15.6 Å². The van der Waals surface area contributed by atoms with Crippen molar-refractivity contribution in [1.82, 2.24) is 15.2 Å². The molecule has 0 N–H and O–H groups in total. The third kappa shape index (κ3) is 4.27. The Morgan fingerprint density at radius 3 is 2.33 bits per heavy atom. The van der Waals surface area contributed by atoms with Crippen molar-refractivity contribution in [2.75, 3.05) is 21.3 Å². The SMILES string of the molecule is COc1cc(-c2nnc(CSc3nc(-c4ccccc4)cs3)o2)cc(OC)c1OC. The molecule has 2 aromatic carbocycles. The zero-order valence-electron chi connectivity index (χ0n) is 16.6. The highest BCUT2D eigenvalue weighted by Gasteiger charge is 2.18. The molecule has 4 rings (SSSR count). The number of ether oxygens (including phenoxy) is 3. The van der Waals surface area contributed by atoms with Crippen LogP contribution in [-0.4, -0.2) is 36.5 Å². The Morgan fingerprint density at radius 2 is 1.67 bits per heavy atom. The summed E-state index contributed by atoms with van der Waals surface area (Å²) in [7, 11) is 4.69. The van der Waals surface area contributed by atoms with E-state index in [4.69, 9.17) is 18.6 Å². The van der Waals surface area contributed by atoms with E-state index in [2.05, 4.69) is 15.2 Å². The molecule has 0 aliphatic heterocycles. The first-order chi connectivity index (χ1) is 14.7. The summed E-state index contributed by atoms with van der Waals surface area (Å²) in [6, 6.07) is 13.6. The number of thiazole rings is 1. The second kappa shape index (κ2) is 9.19. The Bertz CT molecular complexity index is 1100. The van der Waals surface area contributed by atoms with Crippen LogP contribution in [0.2, 0.25) is 0 Å². The van der Waals surface area contributed by atoms with Crippen LogP contribution in [-0.2, 0) is 5.75 Å². The standard InChI is InChI=1S/C21H19N3O4S2/c1-25-16-9-14(10-17(26-2)19(16)27-3)20-24-23-18(28-20)12-30-21-22-15(11-29-21)13-7-5-4-6-8-13/h4-11H,12H2,1-3H3. The highest BCUT2D eigenvalue weighted by Crippen LogP contribution is 2.41. The van der Waals surface area contributed by atoms with E-state index >= 15 is 0 Å². The molecule has 2 heterocycles. The molecule has 0 fully saturated rings. The third-order valence-corrected chi connectivity index (χ3v) is 6.26. The second-order valence-electron chi connectivity index (χ2n) is 6.07. The Kier molecular flexibility index (Phi) is 6.20. The number of methoxy groups -OCH3 is 3. The van der Waals surface area contributed by atoms with Gasteiger partial charge in [-0.2, -0.15) is 0 Å². The summed E-state index contributed by atoms with van der Waals surface area (Å²) in [4.78, 5) is 4.67. The van der Waals surface area contributed by atoms with Gasteiger partial charge in [0.05, 0.1) is 32.8 Å². The summed E-state index contributed by atoms with van der Waals surface area (Å²) >= 11 is 3.16. The summed E-state index contributed by atoms with van der Waals surface area (Å²) in [6.07, 6.45) is 0. The normalized spacial score (nSPS) is 10.8. The lowest BCUT2D eigenvalue weighted by atomic mass is 10.2. The fraction of sp³-hybridized carbons (Fsp3) is 0.190. The van der Waals surface area contributed by atoms with E-state index in [-0.39, 0.29) is 0 Å². The molecular weight excluding hydrogens is 422 g/mol. The van der Waals surface area contributed by atoms with Crippen LogP contribution in [0.5, 0.6) is 17.2 Å². The molecular formula is C21H19N3O4S2. The molecule has 0 bridgehead atoms. The smallest absolute Gasteiger partial charge is 0.248 e. The topological polar surface area (TPSA) is 79.5 Å². The van der Waals surface area contributed by atoms with E-state index in [1.807, 2.05) is 35.7 Å². The van der Waals surface area contributed by atoms with Gasteiger partial charge < -0.3 is 18.6 Å². The Balaban J connectivity index is 1.48. The van der Waals surface area contributed by atoms with Crippen molar-refractivity contribution in [1.29, 1.82) is 0 Å². The van der Waals surface area contributed by atoms with Gasteiger partial charge in [-0.05, 0) is 12.1 Å². The van der Waals surface area contributed by atoms with Crippen molar-refractivity contribution < 1.29 is 18.6 Å².